The summed E-state index contributed by atoms with van der Waals surface area (Å²) in [5.74, 6) is -0.175. The van der Waals surface area contributed by atoms with Gasteiger partial charge in [0.1, 0.15) is 6.04 Å². The molecule has 1 aromatic carbocycles. The number of rotatable bonds is 3. The Hall–Kier alpha value is -2.61. The summed E-state index contributed by atoms with van der Waals surface area (Å²) < 4.78 is 12.2. The topological polar surface area (TPSA) is 97.0 Å². The molecule has 0 radical (unpaired) electrons. The van der Waals surface area contributed by atoms with Gasteiger partial charge in [-0.2, -0.15) is 0 Å². The van der Waals surface area contributed by atoms with E-state index >= 15 is 0 Å². The Morgan fingerprint density at radius 1 is 1.07 bits per heavy atom. The molecule has 1 saturated carbocycles. The highest BCUT2D eigenvalue weighted by molar-refractivity contribution is 6.07. The summed E-state index contributed by atoms with van der Waals surface area (Å²) in [6.07, 6.45) is 7.21. The van der Waals surface area contributed by atoms with Gasteiger partial charge in [-0.15, -0.1) is 0 Å². The van der Waals surface area contributed by atoms with Gasteiger partial charge in [0.15, 0.2) is 11.5 Å². The van der Waals surface area contributed by atoms with Gasteiger partial charge in [0.25, 0.3) is 5.79 Å². The molecule has 3 aliphatic heterocycles. The number of amides is 3. The highest BCUT2D eigenvalue weighted by Crippen LogP contribution is 2.46. The molecule has 2 N–H and O–H groups in total. The Labute approximate surface area is 175 Å². The van der Waals surface area contributed by atoms with Gasteiger partial charge in [-0.25, -0.2) is 0 Å². The van der Waals surface area contributed by atoms with Crippen molar-refractivity contribution in [3.63, 3.8) is 0 Å². The lowest BCUT2D eigenvalue weighted by molar-refractivity contribution is -0.147. The van der Waals surface area contributed by atoms with Crippen molar-refractivity contribution in [1.82, 2.24) is 10.2 Å². The predicted octanol–water partition coefficient (Wildman–Crippen LogP) is 2.33. The van der Waals surface area contributed by atoms with E-state index in [1.54, 1.807) is 18.2 Å². The first-order chi connectivity index (χ1) is 14.5. The standard InChI is InChI=1S/C22H27N3O5/c26-19-9-7-16(25(19)21(28)15-5-4-12-23-15)20(27)24-14-6-8-17-18(13-14)30-22(29-17)10-2-1-3-11-22/h6,8,13,15-16,23H,1-5,7,9-12H2,(H,24,27)/t15-,16-/m1/s1. The third-order valence-corrected chi connectivity index (χ3v) is 6.53. The van der Waals surface area contributed by atoms with Crippen molar-refractivity contribution in [2.45, 2.75) is 75.7 Å². The molecular weight excluding hydrogens is 386 g/mol. The maximum Gasteiger partial charge on any atom is 0.251 e. The van der Waals surface area contributed by atoms with Crippen LogP contribution in [-0.4, -0.2) is 47.0 Å². The van der Waals surface area contributed by atoms with Crippen molar-refractivity contribution >= 4 is 23.4 Å². The van der Waals surface area contributed by atoms with E-state index < -0.39 is 11.8 Å². The summed E-state index contributed by atoms with van der Waals surface area (Å²) in [7, 11) is 0. The molecule has 3 fully saturated rings. The van der Waals surface area contributed by atoms with E-state index in [9.17, 15) is 14.4 Å². The van der Waals surface area contributed by atoms with Gasteiger partial charge < -0.3 is 20.1 Å². The van der Waals surface area contributed by atoms with Crippen molar-refractivity contribution in [3.8, 4) is 11.5 Å². The number of likely N-dealkylation sites (tertiary alicyclic amines) is 1. The molecule has 0 bridgehead atoms. The van der Waals surface area contributed by atoms with Crippen LogP contribution in [-0.2, 0) is 14.4 Å². The van der Waals surface area contributed by atoms with Gasteiger partial charge in [0.2, 0.25) is 17.7 Å². The highest BCUT2D eigenvalue weighted by atomic mass is 16.7. The maximum atomic E-state index is 12.9. The first-order valence-electron chi connectivity index (χ1n) is 11.0. The molecule has 0 unspecified atom stereocenters. The molecule has 1 aromatic rings. The van der Waals surface area contributed by atoms with Crippen LogP contribution in [0, 0.1) is 0 Å². The summed E-state index contributed by atoms with van der Waals surface area (Å²) in [6, 6.07) is 4.18. The molecule has 3 amide bonds. The molecule has 0 aromatic heterocycles. The van der Waals surface area contributed by atoms with Gasteiger partial charge >= 0.3 is 0 Å². The van der Waals surface area contributed by atoms with Gasteiger partial charge in [-0.05, 0) is 50.8 Å². The largest absolute Gasteiger partial charge is 0.448 e. The zero-order valence-electron chi connectivity index (χ0n) is 16.9. The second-order valence-electron chi connectivity index (χ2n) is 8.63. The van der Waals surface area contributed by atoms with E-state index in [4.69, 9.17) is 9.47 Å². The van der Waals surface area contributed by atoms with E-state index in [-0.39, 0.29) is 30.2 Å². The number of fused-ring (bicyclic) bond motifs is 1. The molecule has 1 spiro atoms. The van der Waals surface area contributed by atoms with Crippen LogP contribution in [0.3, 0.4) is 0 Å². The van der Waals surface area contributed by atoms with E-state index in [1.807, 2.05) is 0 Å². The number of hydrogen-bond donors (Lipinski definition) is 2. The fourth-order valence-corrected chi connectivity index (χ4v) is 4.96. The summed E-state index contributed by atoms with van der Waals surface area (Å²) in [5, 5.41) is 5.97. The van der Waals surface area contributed by atoms with Crippen LogP contribution < -0.4 is 20.1 Å². The van der Waals surface area contributed by atoms with Crippen molar-refractivity contribution < 1.29 is 23.9 Å². The number of hydrogen-bond acceptors (Lipinski definition) is 6. The molecule has 8 heteroatoms. The molecule has 3 heterocycles. The Balaban J connectivity index is 1.28. The highest BCUT2D eigenvalue weighted by Gasteiger charge is 2.44. The quantitative estimate of drug-likeness (QED) is 0.739. The molecule has 4 aliphatic rings. The van der Waals surface area contributed by atoms with E-state index in [0.717, 1.165) is 43.5 Å². The van der Waals surface area contributed by atoms with Crippen LogP contribution in [0.5, 0.6) is 11.5 Å². The molecule has 2 saturated heterocycles. The zero-order valence-corrected chi connectivity index (χ0v) is 16.9. The number of anilines is 1. The second-order valence-corrected chi connectivity index (χ2v) is 8.63. The van der Waals surface area contributed by atoms with Gasteiger partial charge in [-0.3, -0.25) is 19.3 Å². The van der Waals surface area contributed by atoms with Crippen molar-refractivity contribution in [3.05, 3.63) is 18.2 Å². The van der Waals surface area contributed by atoms with Crippen molar-refractivity contribution in [2.75, 3.05) is 11.9 Å². The predicted molar refractivity (Wildman–Crippen MR) is 108 cm³/mol. The van der Waals surface area contributed by atoms with Crippen LogP contribution in [0.4, 0.5) is 5.69 Å². The number of carbonyl (C=O) groups excluding carboxylic acids is 3. The lowest BCUT2D eigenvalue weighted by Gasteiger charge is -2.31. The van der Waals surface area contributed by atoms with Crippen molar-refractivity contribution in [2.24, 2.45) is 0 Å². The fraction of sp³-hybridized carbons (Fsp3) is 0.591. The number of imide groups is 1. The minimum atomic E-state index is -0.775. The van der Waals surface area contributed by atoms with Gasteiger partial charge in [0.05, 0.1) is 6.04 Å². The summed E-state index contributed by atoms with van der Waals surface area (Å²) in [4.78, 5) is 39.2. The van der Waals surface area contributed by atoms with Crippen LogP contribution in [0.15, 0.2) is 18.2 Å². The maximum absolute atomic E-state index is 12.9. The average Bonchev–Trinajstić information content (AvgIpc) is 3.46. The van der Waals surface area contributed by atoms with E-state index in [0.29, 0.717) is 30.0 Å². The molecule has 5 rings (SSSR count). The van der Waals surface area contributed by atoms with Crippen LogP contribution >= 0.6 is 0 Å². The van der Waals surface area contributed by atoms with Crippen LogP contribution in [0.2, 0.25) is 0 Å². The third-order valence-electron chi connectivity index (χ3n) is 6.53. The van der Waals surface area contributed by atoms with Crippen LogP contribution in [0.1, 0.15) is 57.8 Å². The zero-order chi connectivity index (χ0) is 20.7. The number of carbonyl (C=O) groups is 3. The van der Waals surface area contributed by atoms with E-state index in [2.05, 4.69) is 10.6 Å². The first-order valence-corrected chi connectivity index (χ1v) is 11.0. The lowest BCUT2D eigenvalue weighted by atomic mass is 9.94. The lowest BCUT2D eigenvalue weighted by Crippen LogP contribution is -2.51. The number of nitrogens with one attached hydrogen (secondary N) is 2. The molecule has 8 nitrogen and oxygen atoms in total. The smallest absolute Gasteiger partial charge is 0.251 e. The molecule has 1 aliphatic carbocycles. The minimum absolute atomic E-state index is 0.209. The Morgan fingerprint density at radius 2 is 1.87 bits per heavy atom. The summed E-state index contributed by atoms with van der Waals surface area (Å²) >= 11 is 0. The molecule has 2 atom stereocenters. The SMILES string of the molecule is O=C(Nc1ccc2c(c1)OC1(CCCCC1)O2)[C@H]1CCC(=O)N1C(=O)[C@H]1CCCN1. The third kappa shape index (κ3) is 3.43. The van der Waals surface area contributed by atoms with Gasteiger partial charge in [0, 0.05) is 31.0 Å². The normalized spacial score (nSPS) is 26.9. The monoisotopic (exact) mass is 413 g/mol. The number of benzene rings is 1. The van der Waals surface area contributed by atoms with Crippen LogP contribution in [0.25, 0.3) is 0 Å². The molecule has 30 heavy (non-hydrogen) atoms. The second kappa shape index (κ2) is 7.58. The fourth-order valence-electron chi connectivity index (χ4n) is 4.96. The Kier molecular flexibility index (Phi) is 4.89. The number of nitrogens with zero attached hydrogens (tertiary/aromatic N) is 1. The van der Waals surface area contributed by atoms with Gasteiger partial charge in [-0.1, -0.05) is 6.42 Å². The van der Waals surface area contributed by atoms with E-state index in [1.165, 1.54) is 6.42 Å². The molecule has 160 valence electrons. The Morgan fingerprint density at radius 3 is 2.63 bits per heavy atom. The first kappa shape index (κ1) is 19.4. The number of ether oxygens (including phenoxy) is 2. The summed E-state index contributed by atoms with van der Waals surface area (Å²) in [5.41, 5.74) is 0.570. The average molecular weight is 413 g/mol. The summed E-state index contributed by atoms with van der Waals surface area (Å²) in [6.45, 7) is 0.758. The molecular formula is C22H27N3O5. The Bertz CT molecular complexity index is 874. The van der Waals surface area contributed by atoms with Crippen molar-refractivity contribution in [1.29, 1.82) is 0 Å². The minimum Gasteiger partial charge on any atom is -0.448 e.